The predicted octanol–water partition coefficient (Wildman–Crippen LogP) is 1.71. The smallest absolute Gasteiger partial charge is 0.259 e. The topological polar surface area (TPSA) is 89.9 Å². The Morgan fingerprint density at radius 3 is 2.53 bits per heavy atom. The van der Waals surface area contributed by atoms with Crippen molar-refractivity contribution in [3.8, 4) is 11.5 Å². The highest BCUT2D eigenvalue weighted by molar-refractivity contribution is 5.53. The number of hydrogen-bond donors (Lipinski definition) is 2. The average Bonchev–Trinajstić information content (AvgIpc) is 2.78. The minimum Gasteiger partial charge on any atom is -0.334 e. The Bertz CT molecular complexity index is 497. The zero-order valence-electron chi connectivity index (χ0n) is 10.1. The summed E-state index contributed by atoms with van der Waals surface area (Å²) in [5.74, 6) is 6.96. The van der Waals surface area contributed by atoms with Crippen LogP contribution in [-0.4, -0.2) is 15.1 Å². The second-order valence-electron chi connectivity index (χ2n) is 4.75. The third-order valence-electron chi connectivity index (χ3n) is 2.26. The van der Waals surface area contributed by atoms with Crippen molar-refractivity contribution in [3.05, 3.63) is 24.2 Å². The van der Waals surface area contributed by atoms with Gasteiger partial charge in [0.2, 0.25) is 0 Å². The lowest BCUT2D eigenvalue weighted by Gasteiger charge is -2.10. The molecule has 6 nitrogen and oxygen atoms in total. The number of nitrogens with one attached hydrogen (secondary N) is 1. The van der Waals surface area contributed by atoms with Crippen LogP contribution in [0.5, 0.6) is 0 Å². The van der Waals surface area contributed by atoms with Crippen LogP contribution in [0, 0.1) is 0 Å². The summed E-state index contributed by atoms with van der Waals surface area (Å²) < 4.78 is 5.20. The van der Waals surface area contributed by atoms with Gasteiger partial charge in [-0.15, -0.1) is 0 Å². The van der Waals surface area contributed by atoms with Crippen molar-refractivity contribution in [2.75, 3.05) is 5.43 Å². The highest BCUT2D eigenvalue weighted by Gasteiger charge is 2.21. The first kappa shape index (κ1) is 11.5. The van der Waals surface area contributed by atoms with Gasteiger partial charge in [-0.05, 0) is 12.1 Å². The van der Waals surface area contributed by atoms with E-state index in [1.54, 1.807) is 12.3 Å². The van der Waals surface area contributed by atoms with Crippen molar-refractivity contribution in [1.82, 2.24) is 15.1 Å². The average molecular weight is 233 g/mol. The summed E-state index contributed by atoms with van der Waals surface area (Å²) in [6.45, 7) is 6.09. The number of hydrazine groups is 1. The van der Waals surface area contributed by atoms with Gasteiger partial charge in [0, 0.05) is 11.6 Å². The molecule has 0 unspecified atom stereocenters. The first-order valence-electron chi connectivity index (χ1n) is 5.28. The minimum atomic E-state index is -0.131. The fraction of sp³-hybridized carbons (Fsp3) is 0.364. The zero-order valence-corrected chi connectivity index (χ0v) is 10.1. The molecule has 0 radical (unpaired) electrons. The molecular weight excluding hydrogens is 218 g/mol. The maximum Gasteiger partial charge on any atom is 0.259 e. The summed E-state index contributed by atoms with van der Waals surface area (Å²) >= 11 is 0. The predicted molar refractivity (Wildman–Crippen MR) is 64.0 cm³/mol. The van der Waals surface area contributed by atoms with Crippen LogP contribution in [0.15, 0.2) is 22.9 Å². The van der Waals surface area contributed by atoms with E-state index in [-0.39, 0.29) is 5.41 Å². The molecule has 2 heterocycles. The number of rotatable bonds is 2. The molecule has 0 fully saturated rings. The number of aromatic nitrogens is 3. The second-order valence-corrected chi connectivity index (χ2v) is 4.75. The summed E-state index contributed by atoms with van der Waals surface area (Å²) in [4.78, 5) is 8.42. The quantitative estimate of drug-likeness (QED) is 0.606. The van der Waals surface area contributed by atoms with Crippen LogP contribution >= 0.6 is 0 Å². The molecule has 6 heteroatoms. The first-order chi connectivity index (χ1) is 8.00. The number of nitrogens with two attached hydrogens (primary N) is 1. The van der Waals surface area contributed by atoms with E-state index in [0.717, 1.165) is 5.56 Å². The van der Waals surface area contributed by atoms with E-state index in [1.165, 1.54) is 0 Å². The number of nitrogen functional groups attached to an aromatic ring is 1. The Morgan fingerprint density at radius 2 is 2.06 bits per heavy atom. The van der Waals surface area contributed by atoms with Gasteiger partial charge in [0.25, 0.3) is 5.89 Å². The van der Waals surface area contributed by atoms with Gasteiger partial charge in [-0.1, -0.05) is 25.9 Å². The number of pyridine rings is 1. The van der Waals surface area contributed by atoms with E-state index < -0.39 is 0 Å². The van der Waals surface area contributed by atoms with Gasteiger partial charge < -0.3 is 9.95 Å². The second kappa shape index (κ2) is 4.14. The molecule has 0 bridgehead atoms. The van der Waals surface area contributed by atoms with Gasteiger partial charge in [-0.3, -0.25) is 0 Å². The number of hydrogen-bond acceptors (Lipinski definition) is 6. The van der Waals surface area contributed by atoms with E-state index in [0.29, 0.717) is 17.5 Å². The van der Waals surface area contributed by atoms with Crippen molar-refractivity contribution in [1.29, 1.82) is 0 Å². The molecule has 0 saturated heterocycles. The van der Waals surface area contributed by atoms with E-state index in [1.807, 2.05) is 26.8 Å². The molecule has 2 aromatic rings. The fourth-order valence-electron chi connectivity index (χ4n) is 1.25. The molecule has 0 aliphatic rings. The van der Waals surface area contributed by atoms with Gasteiger partial charge >= 0.3 is 0 Å². The van der Waals surface area contributed by atoms with Crippen LogP contribution in [0.4, 0.5) is 5.82 Å². The molecule has 0 aliphatic carbocycles. The monoisotopic (exact) mass is 233 g/mol. The Labute approximate surface area is 99.2 Å². The van der Waals surface area contributed by atoms with Gasteiger partial charge in [0.15, 0.2) is 5.82 Å². The zero-order chi connectivity index (χ0) is 12.5. The van der Waals surface area contributed by atoms with Crippen molar-refractivity contribution in [3.63, 3.8) is 0 Å². The lowest BCUT2D eigenvalue weighted by Crippen LogP contribution is -2.13. The molecule has 0 saturated carbocycles. The van der Waals surface area contributed by atoms with E-state index in [2.05, 4.69) is 20.6 Å². The Kier molecular flexibility index (Phi) is 2.81. The molecular formula is C11H15N5O. The van der Waals surface area contributed by atoms with Gasteiger partial charge in [-0.2, -0.15) is 4.98 Å². The highest BCUT2D eigenvalue weighted by Crippen LogP contribution is 2.23. The first-order valence-corrected chi connectivity index (χ1v) is 5.28. The fourth-order valence-corrected chi connectivity index (χ4v) is 1.25. The molecule has 2 rings (SSSR count). The van der Waals surface area contributed by atoms with Gasteiger partial charge in [0.1, 0.15) is 5.82 Å². The number of nitrogens with zero attached hydrogens (tertiary/aromatic N) is 3. The van der Waals surface area contributed by atoms with Crippen molar-refractivity contribution in [2.24, 2.45) is 5.84 Å². The summed E-state index contributed by atoms with van der Waals surface area (Å²) in [6.07, 6.45) is 1.63. The molecule has 17 heavy (non-hydrogen) atoms. The Balaban J connectivity index is 2.30. The lowest BCUT2D eigenvalue weighted by molar-refractivity contribution is 0.402. The van der Waals surface area contributed by atoms with Crippen LogP contribution in [0.2, 0.25) is 0 Å². The molecule has 0 amide bonds. The molecule has 90 valence electrons. The third kappa shape index (κ3) is 2.42. The molecule has 0 aromatic carbocycles. The maximum atomic E-state index is 5.24. The molecule has 0 spiro atoms. The third-order valence-corrected chi connectivity index (χ3v) is 2.26. The number of anilines is 1. The van der Waals surface area contributed by atoms with Crippen LogP contribution in [0.3, 0.4) is 0 Å². The van der Waals surface area contributed by atoms with Crippen molar-refractivity contribution < 1.29 is 4.52 Å². The summed E-state index contributed by atoms with van der Waals surface area (Å²) in [6, 6.07) is 3.57. The van der Waals surface area contributed by atoms with Crippen LogP contribution in [0.1, 0.15) is 26.6 Å². The van der Waals surface area contributed by atoms with E-state index in [4.69, 9.17) is 10.4 Å². The van der Waals surface area contributed by atoms with Crippen molar-refractivity contribution in [2.45, 2.75) is 26.2 Å². The summed E-state index contributed by atoms with van der Waals surface area (Å²) in [7, 11) is 0. The van der Waals surface area contributed by atoms with Gasteiger partial charge in [0.05, 0.1) is 5.56 Å². The molecule has 2 aromatic heterocycles. The van der Waals surface area contributed by atoms with Crippen LogP contribution < -0.4 is 11.3 Å². The normalized spacial score (nSPS) is 11.5. The highest BCUT2D eigenvalue weighted by atomic mass is 16.5. The summed E-state index contributed by atoms with van der Waals surface area (Å²) in [5.41, 5.74) is 3.10. The maximum absolute atomic E-state index is 5.24. The largest absolute Gasteiger partial charge is 0.334 e. The molecule has 3 N–H and O–H groups in total. The molecule has 0 atom stereocenters. The standard InChI is InChI=1S/C11H15N5O/c1-11(2,3)10-14-9(17-16-10)7-4-5-8(15-12)13-6-7/h4-6H,12H2,1-3H3,(H,13,15). The minimum absolute atomic E-state index is 0.131. The van der Waals surface area contributed by atoms with Crippen LogP contribution in [0.25, 0.3) is 11.5 Å². The van der Waals surface area contributed by atoms with E-state index >= 15 is 0 Å². The van der Waals surface area contributed by atoms with Crippen molar-refractivity contribution >= 4 is 5.82 Å². The lowest BCUT2D eigenvalue weighted by atomic mass is 9.96. The van der Waals surface area contributed by atoms with Gasteiger partial charge in [-0.25, -0.2) is 10.8 Å². The Hall–Kier alpha value is -1.95. The Morgan fingerprint density at radius 1 is 1.29 bits per heavy atom. The van der Waals surface area contributed by atoms with E-state index in [9.17, 15) is 0 Å². The molecule has 0 aliphatic heterocycles. The summed E-state index contributed by atoms with van der Waals surface area (Å²) in [5, 5.41) is 3.95. The van der Waals surface area contributed by atoms with Crippen LogP contribution in [-0.2, 0) is 5.41 Å². The SMILES string of the molecule is CC(C)(C)c1noc(-c2ccc(NN)nc2)n1.